The lowest BCUT2D eigenvalue weighted by atomic mass is 9.86. The van der Waals surface area contributed by atoms with Gasteiger partial charge in [-0.3, -0.25) is 9.80 Å². The Hall–Kier alpha value is -3.65. The summed E-state index contributed by atoms with van der Waals surface area (Å²) in [6.45, 7) is 1.14. The first-order chi connectivity index (χ1) is 21.0. The zero-order valence-electron chi connectivity index (χ0n) is 24.3. The molecule has 1 aliphatic heterocycles. The lowest BCUT2D eigenvalue weighted by Crippen LogP contribution is -2.50. The van der Waals surface area contributed by atoms with Crippen LogP contribution in [0.1, 0.15) is 79.3 Å². The molecule has 1 saturated carbocycles. The lowest BCUT2D eigenvalue weighted by molar-refractivity contribution is -0.143. The first kappa shape index (κ1) is 34.2. The average molecular weight is 655 g/mol. The summed E-state index contributed by atoms with van der Waals surface area (Å²) < 4.78 is 133. The van der Waals surface area contributed by atoms with Gasteiger partial charge in [-0.15, -0.1) is 0 Å². The summed E-state index contributed by atoms with van der Waals surface area (Å²) in [7, 11) is 0.927. The van der Waals surface area contributed by atoms with E-state index in [1.165, 1.54) is 4.90 Å². The van der Waals surface area contributed by atoms with Crippen LogP contribution in [0.2, 0.25) is 0 Å². The second-order valence-corrected chi connectivity index (χ2v) is 11.1. The van der Waals surface area contributed by atoms with Crippen molar-refractivity contribution in [1.29, 1.82) is 0 Å². The maximum absolute atomic E-state index is 13.9. The molecular formula is C30H31F9N2O4. The number of hydrogen-bond acceptors (Lipinski definition) is 4. The number of carbonyl (C=O) groups is 2. The lowest BCUT2D eigenvalue weighted by Gasteiger charge is -2.44. The van der Waals surface area contributed by atoms with Crippen LogP contribution in [0.15, 0.2) is 36.4 Å². The van der Waals surface area contributed by atoms with E-state index in [1.54, 1.807) is 0 Å². The number of fused-ring (bicyclic) bond motifs is 1. The Morgan fingerprint density at radius 3 is 1.98 bits per heavy atom. The molecule has 0 unspecified atom stereocenters. The fourth-order valence-corrected chi connectivity index (χ4v) is 5.58. The standard InChI is InChI=1S/C30H31F9N2O4/c1-3-4-5-10-45-27(43)41-23-9-8-19(28(31,32)33)14-22(23)25(15-24(41)18-6-7-18)40(26(42)44-2)16-17-11-20(29(34,35)36)13-21(12-17)30(37,38)39/h8-9,11-14,18,24-25H,3-7,10,15-16H2,1-2H3/t24-,25-/m1/s1. The monoisotopic (exact) mass is 654 g/mol. The van der Waals surface area contributed by atoms with Gasteiger partial charge in [-0.05, 0) is 79.1 Å². The number of unbranched alkanes of at least 4 members (excludes halogenated alkanes) is 2. The smallest absolute Gasteiger partial charge is 0.416 e. The molecule has 248 valence electrons. The Balaban J connectivity index is 1.84. The Labute approximate surface area is 253 Å². The summed E-state index contributed by atoms with van der Waals surface area (Å²) in [4.78, 5) is 28.5. The first-order valence-corrected chi connectivity index (χ1v) is 14.3. The van der Waals surface area contributed by atoms with E-state index in [0.29, 0.717) is 31.4 Å². The molecule has 6 nitrogen and oxygen atoms in total. The summed E-state index contributed by atoms with van der Waals surface area (Å²) in [5.74, 6) is -0.129. The van der Waals surface area contributed by atoms with Crippen molar-refractivity contribution in [2.45, 2.75) is 82.6 Å². The van der Waals surface area contributed by atoms with Gasteiger partial charge in [0.25, 0.3) is 0 Å². The highest BCUT2D eigenvalue weighted by molar-refractivity contribution is 5.91. The van der Waals surface area contributed by atoms with Gasteiger partial charge < -0.3 is 9.47 Å². The number of nitrogens with zero attached hydrogens (tertiary/aromatic N) is 2. The normalized spacial score (nSPS) is 18.8. The summed E-state index contributed by atoms with van der Waals surface area (Å²) in [5, 5.41) is 0. The van der Waals surface area contributed by atoms with E-state index in [9.17, 15) is 49.1 Å². The molecule has 0 aromatic heterocycles. The average Bonchev–Trinajstić information content (AvgIpc) is 3.81. The number of amides is 2. The van der Waals surface area contributed by atoms with Crippen LogP contribution in [0.3, 0.4) is 0 Å². The third-order valence-electron chi connectivity index (χ3n) is 7.89. The van der Waals surface area contributed by atoms with Gasteiger partial charge in [0.15, 0.2) is 0 Å². The number of benzene rings is 2. The topological polar surface area (TPSA) is 59.1 Å². The molecule has 1 heterocycles. The highest BCUT2D eigenvalue weighted by atomic mass is 19.4. The molecule has 2 aliphatic rings. The molecular weight excluding hydrogens is 623 g/mol. The molecule has 2 amide bonds. The molecule has 0 radical (unpaired) electrons. The van der Waals surface area contributed by atoms with Crippen LogP contribution in [0.25, 0.3) is 0 Å². The number of halogens is 9. The minimum absolute atomic E-state index is 0.00873. The van der Waals surface area contributed by atoms with Crippen molar-refractivity contribution in [2.24, 2.45) is 5.92 Å². The second kappa shape index (κ2) is 13.0. The summed E-state index contributed by atoms with van der Waals surface area (Å²) in [6, 6.07) is 1.38. The Bertz CT molecular complexity index is 1350. The molecule has 2 aromatic rings. The third-order valence-corrected chi connectivity index (χ3v) is 7.89. The molecule has 15 heteroatoms. The van der Waals surface area contributed by atoms with Crippen molar-refractivity contribution in [3.05, 3.63) is 64.2 Å². The van der Waals surface area contributed by atoms with E-state index >= 15 is 0 Å². The number of rotatable bonds is 8. The maximum atomic E-state index is 13.9. The Kier molecular flexibility index (Phi) is 9.88. The van der Waals surface area contributed by atoms with Gasteiger partial charge >= 0.3 is 30.7 Å². The van der Waals surface area contributed by atoms with Crippen molar-refractivity contribution in [2.75, 3.05) is 18.6 Å². The molecule has 0 spiro atoms. The van der Waals surface area contributed by atoms with Crippen molar-refractivity contribution in [3.8, 4) is 0 Å². The van der Waals surface area contributed by atoms with Gasteiger partial charge in [0.1, 0.15) is 0 Å². The Morgan fingerprint density at radius 2 is 1.47 bits per heavy atom. The summed E-state index contributed by atoms with van der Waals surface area (Å²) in [6.07, 6.45) is -13.9. The molecule has 2 aromatic carbocycles. The van der Waals surface area contributed by atoms with Crippen LogP contribution in [-0.2, 0) is 34.5 Å². The minimum atomic E-state index is -5.17. The van der Waals surface area contributed by atoms with Gasteiger partial charge in [-0.25, -0.2) is 9.59 Å². The molecule has 1 fully saturated rings. The van der Waals surface area contributed by atoms with E-state index in [-0.39, 0.29) is 36.3 Å². The van der Waals surface area contributed by atoms with Gasteiger partial charge in [0, 0.05) is 12.6 Å². The number of ether oxygens (including phenoxy) is 2. The SMILES string of the molecule is CCCCCOC(=O)N1c2ccc(C(F)(F)F)cc2[C@H](N(Cc2cc(C(F)(F)F)cc(C(F)(F)F)c2)C(=O)OC)C[C@@H]1C1CC1. The van der Waals surface area contributed by atoms with Crippen molar-refractivity contribution >= 4 is 17.9 Å². The number of alkyl halides is 9. The molecule has 0 N–H and O–H groups in total. The van der Waals surface area contributed by atoms with Crippen LogP contribution >= 0.6 is 0 Å². The van der Waals surface area contributed by atoms with Crippen molar-refractivity contribution in [3.63, 3.8) is 0 Å². The first-order valence-electron chi connectivity index (χ1n) is 14.3. The highest BCUT2D eigenvalue weighted by Crippen LogP contribution is 2.50. The largest absolute Gasteiger partial charge is 0.453 e. The van der Waals surface area contributed by atoms with Gasteiger partial charge in [0.2, 0.25) is 0 Å². The third kappa shape index (κ3) is 7.96. The number of methoxy groups -OCH3 is 1. The van der Waals surface area contributed by atoms with Crippen LogP contribution in [0.5, 0.6) is 0 Å². The van der Waals surface area contributed by atoms with E-state index in [1.807, 2.05) is 6.92 Å². The predicted molar refractivity (Wildman–Crippen MR) is 143 cm³/mol. The van der Waals surface area contributed by atoms with Crippen LogP contribution in [0, 0.1) is 5.92 Å². The zero-order valence-corrected chi connectivity index (χ0v) is 24.3. The maximum Gasteiger partial charge on any atom is 0.416 e. The van der Waals surface area contributed by atoms with Crippen molar-refractivity contribution < 1.29 is 58.6 Å². The second-order valence-electron chi connectivity index (χ2n) is 11.1. The predicted octanol–water partition coefficient (Wildman–Crippen LogP) is 9.37. The fourth-order valence-electron chi connectivity index (χ4n) is 5.58. The number of carbonyl (C=O) groups excluding carboxylic acids is 2. The van der Waals surface area contributed by atoms with Gasteiger partial charge in [-0.2, -0.15) is 39.5 Å². The molecule has 0 saturated heterocycles. The summed E-state index contributed by atoms with van der Waals surface area (Å²) >= 11 is 0. The van der Waals surface area contributed by atoms with Crippen LogP contribution in [-0.4, -0.2) is 36.8 Å². The number of hydrogen-bond donors (Lipinski definition) is 0. The van der Waals surface area contributed by atoms with E-state index in [4.69, 9.17) is 9.47 Å². The fraction of sp³-hybridized carbons (Fsp3) is 0.533. The molecule has 2 atom stereocenters. The molecule has 0 bridgehead atoms. The molecule has 45 heavy (non-hydrogen) atoms. The van der Waals surface area contributed by atoms with Gasteiger partial charge in [0.05, 0.1) is 42.1 Å². The van der Waals surface area contributed by atoms with Crippen LogP contribution in [0.4, 0.5) is 54.8 Å². The van der Waals surface area contributed by atoms with E-state index < -0.39 is 71.6 Å². The number of anilines is 1. The zero-order chi connectivity index (χ0) is 33.3. The quantitative estimate of drug-likeness (QED) is 0.210. The summed E-state index contributed by atoms with van der Waals surface area (Å²) in [5.41, 5.74) is -5.12. The Morgan fingerprint density at radius 1 is 0.867 bits per heavy atom. The minimum Gasteiger partial charge on any atom is -0.453 e. The highest BCUT2D eigenvalue weighted by Gasteiger charge is 2.48. The molecule has 1 aliphatic carbocycles. The molecule has 4 rings (SSSR count). The van der Waals surface area contributed by atoms with E-state index in [0.717, 1.165) is 43.1 Å². The van der Waals surface area contributed by atoms with Crippen molar-refractivity contribution in [1.82, 2.24) is 4.90 Å². The van der Waals surface area contributed by atoms with E-state index in [2.05, 4.69) is 0 Å². The van der Waals surface area contributed by atoms with Crippen LogP contribution < -0.4 is 4.90 Å². The van der Waals surface area contributed by atoms with Gasteiger partial charge in [-0.1, -0.05) is 19.8 Å².